The van der Waals surface area contributed by atoms with Gasteiger partial charge in [-0.15, -0.1) is 0 Å². The Hall–Kier alpha value is -0.940. The molecule has 0 radical (unpaired) electrons. The summed E-state index contributed by atoms with van der Waals surface area (Å²) in [6.45, 7) is 0. The number of carbonyl (C=O) groups excluding carboxylic acids is 2. The van der Waals surface area contributed by atoms with E-state index in [1.54, 1.807) is 0 Å². The third-order valence-electron chi connectivity index (χ3n) is 4.85. The van der Waals surface area contributed by atoms with Crippen LogP contribution in [0, 0.1) is 23.7 Å². The lowest BCUT2D eigenvalue weighted by molar-refractivity contribution is -0.153. The van der Waals surface area contributed by atoms with Gasteiger partial charge in [0, 0.05) is 12.8 Å². The van der Waals surface area contributed by atoms with E-state index in [-0.39, 0.29) is 25.4 Å². The standard InChI is InChI=1S/C14H18F4O2/c15-13(16)5-9(1-3-11(13)7-19)10-2-4-12(8-20)14(17,18)6-10/h7-12H,1-6H2/t9-,10+,11+,12-. The molecule has 4 atom stereocenters. The first-order valence-electron chi connectivity index (χ1n) is 6.96. The van der Waals surface area contributed by atoms with Crippen molar-refractivity contribution >= 4 is 12.6 Å². The summed E-state index contributed by atoms with van der Waals surface area (Å²) in [5.74, 6) is -9.74. The highest BCUT2D eigenvalue weighted by Gasteiger charge is 2.51. The van der Waals surface area contributed by atoms with Crippen LogP contribution >= 0.6 is 0 Å². The minimum absolute atomic E-state index is 0.0559. The van der Waals surface area contributed by atoms with Crippen LogP contribution in [-0.2, 0) is 9.59 Å². The van der Waals surface area contributed by atoms with Gasteiger partial charge in [-0.25, -0.2) is 17.6 Å². The molecule has 2 aliphatic rings. The molecule has 2 aliphatic carbocycles. The summed E-state index contributed by atoms with van der Waals surface area (Å²) < 4.78 is 54.9. The molecule has 0 heterocycles. The van der Waals surface area contributed by atoms with Gasteiger partial charge in [0.05, 0.1) is 11.8 Å². The largest absolute Gasteiger partial charge is 0.303 e. The molecule has 0 saturated heterocycles. The van der Waals surface area contributed by atoms with Crippen LogP contribution in [0.5, 0.6) is 0 Å². The Bertz CT molecular complexity index is 347. The van der Waals surface area contributed by atoms with Crippen molar-refractivity contribution in [1.82, 2.24) is 0 Å². The van der Waals surface area contributed by atoms with Gasteiger partial charge in [0.15, 0.2) is 0 Å². The molecule has 20 heavy (non-hydrogen) atoms. The average molecular weight is 294 g/mol. The molecule has 2 fully saturated rings. The first-order valence-corrected chi connectivity index (χ1v) is 6.96. The Balaban J connectivity index is 2.03. The number of hydrogen-bond acceptors (Lipinski definition) is 2. The summed E-state index contributed by atoms with van der Waals surface area (Å²) in [4.78, 5) is 21.2. The molecule has 0 aliphatic heterocycles. The minimum atomic E-state index is -3.10. The van der Waals surface area contributed by atoms with E-state index in [4.69, 9.17) is 0 Å². The molecular formula is C14H18F4O2. The molecular weight excluding hydrogens is 276 g/mol. The van der Waals surface area contributed by atoms with E-state index < -0.39 is 48.4 Å². The van der Waals surface area contributed by atoms with Crippen LogP contribution in [-0.4, -0.2) is 24.4 Å². The maximum Gasteiger partial charge on any atom is 0.257 e. The summed E-state index contributed by atoms with van der Waals surface area (Å²) in [5.41, 5.74) is 0. The molecule has 0 spiro atoms. The van der Waals surface area contributed by atoms with Gasteiger partial charge >= 0.3 is 0 Å². The van der Waals surface area contributed by atoms with Crippen LogP contribution in [0.2, 0.25) is 0 Å². The maximum atomic E-state index is 13.7. The van der Waals surface area contributed by atoms with Gasteiger partial charge < -0.3 is 9.59 Å². The number of hydrogen-bond donors (Lipinski definition) is 0. The molecule has 2 saturated carbocycles. The third-order valence-corrected chi connectivity index (χ3v) is 4.85. The normalized spacial score (nSPS) is 40.0. The Kier molecular flexibility index (Phi) is 4.21. The molecule has 0 unspecified atom stereocenters. The van der Waals surface area contributed by atoms with Crippen LogP contribution in [0.15, 0.2) is 0 Å². The molecule has 114 valence electrons. The molecule has 0 aromatic carbocycles. The van der Waals surface area contributed by atoms with Crippen LogP contribution in [0.3, 0.4) is 0 Å². The quantitative estimate of drug-likeness (QED) is 0.590. The smallest absolute Gasteiger partial charge is 0.257 e. The van der Waals surface area contributed by atoms with Crippen molar-refractivity contribution in [1.29, 1.82) is 0 Å². The molecule has 0 bridgehead atoms. The van der Waals surface area contributed by atoms with E-state index in [1.807, 2.05) is 0 Å². The van der Waals surface area contributed by atoms with Crippen LogP contribution in [0.4, 0.5) is 17.6 Å². The van der Waals surface area contributed by atoms with Crippen molar-refractivity contribution in [2.24, 2.45) is 23.7 Å². The zero-order chi connectivity index (χ0) is 15.0. The average Bonchev–Trinajstić information content (AvgIpc) is 2.36. The zero-order valence-corrected chi connectivity index (χ0v) is 11.0. The molecule has 6 heteroatoms. The van der Waals surface area contributed by atoms with Crippen molar-refractivity contribution < 1.29 is 27.2 Å². The topological polar surface area (TPSA) is 34.1 Å². The highest BCUT2D eigenvalue weighted by atomic mass is 19.3. The predicted molar refractivity (Wildman–Crippen MR) is 63.7 cm³/mol. The van der Waals surface area contributed by atoms with Gasteiger partial charge in [-0.3, -0.25) is 0 Å². The van der Waals surface area contributed by atoms with E-state index in [0.29, 0.717) is 12.8 Å². The first-order chi connectivity index (χ1) is 9.30. The van der Waals surface area contributed by atoms with Gasteiger partial charge in [0.2, 0.25) is 0 Å². The number of aldehydes is 2. The van der Waals surface area contributed by atoms with E-state index in [0.717, 1.165) is 0 Å². The highest BCUT2D eigenvalue weighted by molar-refractivity contribution is 5.56. The molecule has 0 amide bonds. The van der Waals surface area contributed by atoms with Crippen molar-refractivity contribution in [2.45, 2.75) is 50.4 Å². The van der Waals surface area contributed by atoms with Crippen molar-refractivity contribution in [3.63, 3.8) is 0 Å². The fourth-order valence-electron chi connectivity index (χ4n) is 3.56. The summed E-state index contributed by atoms with van der Waals surface area (Å²) in [6.07, 6.45) is 0.422. The van der Waals surface area contributed by atoms with E-state index in [2.05, 4.69) is 0 Å². The second-order valence-electron chi connectivity index (χ2n) is 6.09. The Labute approximate surface area is 114 Å². The lowest BCUT2D eigenvalue weighted by Crippen LogP contribution is -2.43. The zero-order valence-electron chi connectivity index (χ0n) is 11.0. The van der Waals surface area contributed by atoms with Gasteiger partial charge in [0.25, 0.3) is 11.8 Å². The van der Waals surface area contributed by atoms with Gasteiger partial charge in [-0.05, 0) is 37.5 Å². The summed E-state index contributed by atoms with van der Waals surface area (Å²) in [7, 11) is 0. The van der Waals surface area contributed by atoms with Gasteiger partial charge in [0.1, 0.15) is 12.6 Å². The van der Waals surface area contributed by atoms with Crippen LogP contribution in [0.1, 0.15) is 38.5 Å². The van der Waals surface area contributed by atoms with Crippen molar-refractivity contribution in [2.75, 3.05) is 0 Å². The predicted octanol–water partition coefficient (Wildman–Crippen LogP) is 3.49. The fourth-order valence-corrected chi connectivity index (χ4v) is 3.56. The second-order valence-corrected chi connectivity index (χ2v) is 6.09. The Morgan fingerprint density at radius 1 is 0.700 bits per heavy atom. The first kappa shape index (κ1) is 15.4. The SMILES string of the molecule is O=C[C@@H]1CC[C@@H]([C@H]2CC[C@H](C=O)C(F)(F)C2)CC1(F)F. The number of halogens is 4. The van der Waals surface area contributed by atoms with Gasteiger partial charge in [-0.2, -0.15) is 0 Å². The molecule has 0 N–H and O–H groups in total. The van der Waals surface area contributed by atoms with Gasteiger partial charge in [-0.1, -0.05) is 0 Å². The van der Waals surface area contributed by atoms with E-state index in [1.165, 1.54) is 0 Å². The summed E-state index contributed by atoms with van der Waals surface area (Å²) in [5, 5.41) is 0. The third kappa shape index (κ3) is 2.88. The lowest BCUT2D eigenvalue weighted by atomic mass is 9.67. The second kappa shape index (κ2) is 5.45. The molecule has 2 rings (SSSR count). The lowest BCUT2D eigenvalue weighted by Gasteiger charge is -2.41. The minimum Gasteiger partial charge on any atom is -0.303 e. The Morgan fingerprint density at radius 2 is 1.05 bits per heavy atom. The monoisotopic (exact) mass is 294 g/mol. The molecule has 0 aromatic rings. The van der Waals surface area contributed by atoms with E-state index >= 15 is 0 Å². The molecule has 0 aromatic heterocycles. The fraction of sp³-hybridized carbons (Fsp3) is 0.857. The van der Waals surface area contributed by atoms with Crippen molar-refractivity contribution in [3.8, 4) is 0 Å². The summed E-state index contributed by atoms with van der Waals surface area (Å²) >= 11 is 0. The number of carbonyl (C=O) groups is 2. The summed E-state index contributed by atoms with van der Waals surface area (Å²) in [6, 6.07) is 0. The highest BCUT2D eigenvalue weighted by Crippen LogP contribution is 2.50. The van der Waals surface area contributed by atoms with Crippen LogP contribution < -0.4 is 0 Å². The molecule has 2 nitrogen and oxygen atoms in total. The maximum absolute atomic E-state index is 13.7. The van der Waals surface area contributed by atoms with Crippen molar-refractivity contribution in [3.05, 3.63) is 0 Å². The number of rotatable bonds is 3. The Morgan fingerprint density at radius 3 is 1.30 bits per heavy atom. The van der Waals surface area contributed by atoms with Crippen LogP contribution in [0.25, 0.3) is 0 Å². The van der Waals surface area contributed by atoms with E-state index in [9.17, 15) is 27.2 Å². The number of alkyl halides is 4.